The second kappa shape index (κ2) is 7.09. The average molecular weight is 210 g/mol. The van der Waals surface area contributed by atoms with Crippen molar-refractivity contribution >= 4 is 0 Å². The van der Waals surface area contributed by atoms with E-state index in [1.807, 2.05) is 0 Å². The van der Waals surface area contributed by atoms with E-state index < -0.39 is 0 Å². The minimum absolute atomic E-state index is 0.444. The van der Waals surface area contributed by atoms with Crippen LogP contribution < -0.4 is 0 Å². The fourth-order valence-electron chi connectivity index (χ4n) is 2.16. The van der Waals surface area contributed by atoms with Crippen LogP contribution in [0.4, 0.5) is 0 Å². The van der Waals surface area contributed by atoms with Crippen LogP contribution in [0.5, 0.6) is 0 Å². The molecular weight excluding hydrogens is 180 g/mol. The molecule has 0 saturated carbocycles. The van der Waals surface area contributed by atoms with Gasteiger partial charge < -0.3 is 0 Å². The van der Waals surface area contributed by atoms with Crippen LogP contribution in [0.1, 0.15) is 73.6 Å². The summed E-state index contributed by atoms with van der Waals surface area (Å²) in [5, 5.41) is 0. The van der Waals surface area contributed by atoms with Crippen molar-refractivity contribution in [3.05, 3.63) is 11.6 Å². The first-order valence-corrected chi connectivity index (χ1v) is 6.62. The van der Waals surface area contributed by atoms with Gasteiger partial charge in [-0.25, -0.2) is 0 Å². The molecule has 0 saturated heterocycles. The third-order valence-electron chi connectivity index (χ3n) is 3.27. The van der Waals surface area contributed by atoms with E-state index in [0.717, 1.165) is 5.92 Å². The number of hydrogen-bond acceptors (Lipinski definition) is 0. The fraction of sp³-hybridized carbons (Fsp3) is 0.867. The highest BCUT2D eigenvalue weighted by molar-refractivity contribution is 5.05. The molecule has 0 rings (SSSR count). The summed E-state index contributed by atoms with van der Waals surface area (Å²) in [7, 11) is 0. The van der Waals surface area contributed by atoms with Crippen LogP contribution in [0.15, 0.2) is 11.6 Å². The molecule has 1 unspecified atom stereocenters. The zero-order chi connectivity index (χ0) is 11.9. The highest BCUT2D eigenvalue weighted by atomic mass is 14.3. The van der Waals surface area contributed by atoms with Gasteiger partial charge >= 0.3 is 0 Å². The van der Waals surface area contributed by atoms with Gasteiger partial charge in [0.1, 0.15) is 0 Å². The van der Waals surface area contributed by atoms with Crippen molar-refractivity contribution < 1.29 is 0 Å². The second-order valence-corrected chi connectivity index (χ2v) is 5.68. The first-order valence-electron chi connectivity index (χ1n) is 6.62. The van der Waals surface area contributed by atoms with E-state index in [-0.39, 0.29) is 0 Å². The van der Waals surface area contributed by atoms with E-state index in [0.29, 0.717) is 5.41 Å². The van der Waals surface area contributed by atoms with Gasteiger partial charge in [-0.1, -0.05) is 59.1 Å². The standard InChI is InChI=1S/C15H30/c1-7-10-15(6,11-9-13(3)4)12-14(5)8-2/h12-13H,7-11H2,1-6H3. The van der Waals surface area contributed by atoms with Gasteiger partial charge in [-0.05, 0) is 37.5 Å². The molecule has 0 aromatic heterocycles. The van der Waals surface area contributed by atoms with E-state index in [2.05, 4.69) is 47.6 Å². The smallest absolute Gasteiger partial charge is 0.0144 e. The van der Waals surface area contributed by atoms with Crippen LogP contribution in [0.25, 0.3) is 0 Å². The fourth-order valence-corrected chi connectivity index (χ4v) is 2.16. The van der Waals surface area contributed by atoms with Gasteiger partial charge in [0, 0.05) is 0 Å². The lowest BCUT2D eigenvalue weighted by atomic mass is 9.78. The molecule has 0 aromatic carbocycles. The van der Waals surface area contributed by atoms with Gasteiger partial charge in [0.05, 0.1) is 0 Å². The van der Waals surface area contributed by atoms with Crippen LogP contribution in [-0.4, -0.2) is 0 Å². The van der Waals surface area contributed by atoms with Crippen molar-refractivity contribution in [3.8, 4) is 0 Å². The second-order valence-electron chi connectivity index (χ2n) is 5.68. The van der Waals surface area contributed by atoms with Crippen molar-refractivity contribution in [1.82, 2.24) is 0 Å². The predicted molar refractivity (Wildman–Crippen MR) is 71.1 cm³/mol. The molecule has 0 radical (unpaired) electrons. The van der Waals surface area contributed by atoms with Crippen LogP contribution >= 0.6 is 0 Å². The number of hydrogen-bond donors (Lipinski definition) is 0. The molecule has 90 valence electrons. The Labute approximate surface area is 97.2 Å². The van der Waals surface area contributed by atoms with Crippen molar-refractivity contribution in [2.45, 2.75) is 73.6 Å². The van der Waals surface area contributed by atoms with E-state index >= 15 is 0 Å². The molecule has 0 bridgehead atoms. The van der Waals surface area contributed by atoms with Crippen molar-refractivity contribution in [2.75, 3.05) is 0 Å². The molecule has 0 nitrogen and oxygen atoms in total. The molecule has 0 spiro atoms. The maximum absolute atomic E-state index is 2.53. The Morgan fingerprint density at radius 2 is 1.80 bits per heavy atom. The quantitative estimate of drug-likeness (QED) is 0.481. The van der Waals surface area contributed by atoms with Crippen LogP contribution in [-0.2, 0) is 0 Å². The zero-order valence-electron chi connectivity index (χ0n) is 11.7. The molecule has 0 aliphatic carbocycles. The van der Waals surface area contributed by atoms with Crippen molar-refractivity contribution in [3.63, 3.8) is 0 Å². The third kappa shape index (κ3) is 6.76. The molecule has 0 aliphatic rings. The van der Waals surface area contributed by atoms with Crippen LogP contribution in [0.2, 0.25) is 0 Å². The van der Waals surface area contributed by atoms with E-state index in [9.17, 15) is 0 Å². The number of allylic oxidation sites excluding steroid dienone is 2. The van der Waals surface area contributed by atoms with E-state index in [4.69, 9.17) is 0 Å². The van der Waals surface area contributed by atoms with Gasteiger partial charge in [0.15, 0.2) is 0 Å². The molecule has 0 aromatic rings. The lowest BCUT2D eigenvalue weighted by Crippen LogP contribution is -2.14. The van der Waals surface area contributed by atoms with Crippen LogP contribution in [0.3, 0.4) is 0 Å². The Morgan fingerprint density at radius 1 is 1.20 bits per heavy atom. The van der Waals surface area contributed by atoms with E-state index in [1.54, 1.807) is 5.57 Å². The highest BCUT2D eigenvalue weighted by Gasteiger charge is 2.20. The summed E-state index contributed by atoms with van der Waals surface area (Å²) < 4.78 is 0. The maximum atomic E-state index is 2.53. The molecular formula is C15H30. The van der Waals surface area contributed by atoms with Crippen molar-refractivity contribution in [1.29, 1.82) is 0 Å². The van der Waals surface area contributed by atoms with Crippen molar-refractivity contribution in [2.24, 2.45) is 11.3 Å². The molecule has 0 aliphatic heterocycles. The van der Waals surface area contributed by atoms with E-state index in [1.165, 1.54) is 32.1 Å². The lowest BCUT2D eigenvalue weighted by molar-refractivity contribution is 0.321. The maximum Gasteiger partial charge on any atom is -0.0144 e. The minimum atomic E-state index is 0.444. The molecule has 15 heavy (non-hydrogen) atoms. The molecule has 0 heteroatoms. The molecule has 0 fully saturated rings. The van der Waals surface area contributed by atoms with Gasteiger partial charge in [-0.3, -0.25) is 0 Å². The normalized spacial score (nSPS) is 16.9. The van der Waals surface area contributed by atoms with Crippen LogP contribution in [0, 0.1) is 11.3 Å². The Bertz CT molecular complexity index is 188. The zero-order valence-corrected chi connectivity index (χ0v) is 11.7. The SMILES string of the molecule is CCCC(C)(C=C(C)CC)CCC(C)C. The summed E-state index contributed by atoms with van der Waals surface area (Å²) in [5.74, 6) is 0.830. The molecule has 0 amide bonds. The lowest BCUT2D eigenvalue weighted by Gasteiger charge is -2.27. The van der Waals surface area contributed by atoms with Gasteiger partial charge in [0.2, 0.25) is 0 Å². The monoisotopic (exact) mass is 210 g/mol. The molecule has 0 heterocycles. The molecule has 0 N–H and O–H groups in total. The summed E-state index contributed by atoms with van der Waals surface area (Å²) in [6, 6.07) is 0. The Kier molecular flexibility index (Phi) is 6.96. The Hall–Kier alpha value is -0.260. The summed E-state index contributed by atoms with van der Waals surface area (Å²) in [5.41, 5.74) is 1.99. The highest BCUT2D eigenvalue weighted by Crippen LogP contribution is 2.33. The van der Waals surface area contributed by atoms with Gasteiger partial charge in [0.25, 0.3) is 0 Å². The predicted octanol–water partition coefficient (Wildman–Crippen LogP) is 5.59. The largest absolute Gasteiger partial charge is 0.0797 e. The first-order chi connectivity index (χ1) is 6.93. The number of rotatable bonds is 7. The van der Waals surface area contributed by atoms with Gasteiger partial charge in [-0.2, -0.15) is 0 Å². The average Bonchev–Trinajstić information content (AvgIpc) is 2.15. The summed E-state index contributed by atoms with van der Waals surface area (Å²) >= 11 is 0. The summed E-state index contributed by atoms with van der Waals surface area (Å²) in [4.78, 5) is 0. The minimum Gasteiger partial charge on any atom is -0.0797 e. The Morgan fingerprint density at radius 3 is 2.20 bits per heavy atom. The molecule has 1 atom stereocenters. The van der Waals surface area contributed by atoms with Gasteiger partial charge in [-0.15, -0.1) is 0 Å². The first kappa shape index (κ1) is 14.7. The third-order valence-corrected chi connectivity index (χ3v) is 3.27. The topological polar surface area (TPSA) is 0 Å². The summed E-state index contributed by atoms with van der Waals surface area (Å²) in [6.07, 6.45) is 9.04. The summed E-state index contributed by atoms with van der Waals surface area (Å²) in [6.45, 7) is 13.9. The Balaban J connectivity index is 4.44.